The third kappa shape index (κ3) is 7.45. The van der Waals surface area contributed by atoms with E-state index in [9.17, 15) is 9.90 Å². The number of ether oxygens (including phenoxy) is 2. The number of methoxy groups -OCH3 is 1. The molecule has 6 nitrogen and oxygen atoms in total. The second kappa shape index (κ2) is 9.28. The van der Waals surface area contributed by atoms with Crippen molar-refractivity contribution < 1.29 is 23.8 Å². The Balaban J connectivity index is 3.00. The van der Waals surface area contributed by atoms with Crippen molar-refractivity contribution in [3.05, 3.63) is 29.8 Å². The van der Waals surface area contributed by atoms with Gasteiger partial charge in [0.05, 0.1) is 19.8 Å². The van der Waals surface area contributed by atoms with Crippen LogP contribution in [0, 0.1) is 0 Å². The van der Waals surface area contributed by atoms with Gasteiger partial charge in [0.2, 0.25) is 0 Å². The number of alkyl carbamates (subject to hydrolysis) is 1. The Bertz CT molecular complexity index is 632. The normalized spacial score (nSPS) is 14.9. The molecule has 0 spiro atoms. The number of carbonyl (C=O) groups excluding carboxylic acids is 1. The zero-order valence-corrected chi connectivity index (χ0v) is 19.8. The van der Waals surface area contributed by atoms with E-state index < -0.39 is 32.2 Å². The zero-order chi connectivity index (χ0) is 21.8. The summed E-state index contributed by atoms with van der Waals surface area (Å²) < 4.78 is 16.7. The lowest BCUT2D eigenvalue weighted by Crippen LogP contribution is -2.46. The fourth-order valence-corrected chi connectivity index (χ4v) is 3.27. The molecule has 0 unspecified atom stereocenters. The SMILES string of the molecule is COc1ccc([C@@H](NC(=O)OC(C)(C)C)[C@H](O)CO[Si](C)(C)C(C)(C)C)cc1. The van der Waals surface area contributed by atoms with E-state index in [4.69, 9.17) is 13.9 Å². The number of benzene rings is 1. The van der Waals surface area contributed by atoms with E-state index in [1.165, 1.54) is 0 Å². The summed E-state index contributed by atoms with van der Waals surface area (Å²) in [5.74, 6) is 0.701. The van der Waals surface area contributed by atoms with Crippen molar-refractivity contribution in [3.63, 3.8) is 0 Å². The molecule has 1 rings (SSSR count). The standard InChI is InChI=1S/C21H37NO5Si/c1-20(2,3)27-19(24)22-18(15-10-12-16(25-7)13-11-15)17(23)14-26-28(8,9)21(4,5)6/h10-13,17-18,23H,14H2,1-9H3,(H,22,24)/t17-,18-/m1/s1. The smallest absolute Gasteiger partial charge is 0.408 e. The van der Waals surface area contributed by atoms with Crippen LogP contribution in [-0.4, -0.2) is 44.9 Å². The molecule has 28 heavy (non-hydrogen) atoms. The molecular weight excluding hydrogens is 374 g/mol. The summed E-state index contributed by atoms with van der Waals surface area (Å²) in [7, 11) is -0.441. The summed E-state index contributed by atoms with van der Waals surface area (Å²) in [6.07, 6.45) is -1.50. The van der Waals surface area contributed by atoms with Crippen LogP contribution in [0.15, 0.2) is 24.3 Å². The van der Waals surface area contributed by atoms with Gasteiger partial charge in [-0.25, -0.2) is 4.79 Å². The lowest BCUT2D eigenvalue weighted by molar-refractivity contribution is 0.0330. The molecule has 160 valence electrons. The van der Waals surface area contributed by atoms with Crippen LogP contribution in [0.3, 0.4) is 0 Å². The van der Waals surface area contributed by atoms with Gasteiger partial charge in [-0.3, -0.25) is 0 Å². The van der Waals surface area contributed by atoms with Gasteiger partial charge in [0.1, 0.15) is 17.5 Å². The molecular formula is C21H37NO5Si. The molecule has 0 fully saturated rings. The van der Waals surface area contributed by atoms with Gasteiger partial charge in [-0.1, -0.05) is 32.9 Å². The zero-order valence-electron chi connectivity index (χ0n) is 18.8. The maximum atomic E-state index is 12.3. The second-order valence-corrected chi connectivity index (χ2v) is 14.3. The maximum absolute atomic E-state index is 12.3. The summed E-state index contributed by atoms with van der Waals surface area (Å²) in [5, 5.41) is 13.7. The Morgan fingerprint density at radius 2 is 1.64 bits per heavy atom. The molecule has 1 aromatic carbocycles. The summed E-state index contributed by atoms with van der Waals surface area (Å²) in [4.78, 5) is 12.3. The Labute approximate surface area is 170 Å². The third-order valence-corrected chi connectivity index (χ3v) is 9.45. The predicted molar refractivity (Wildman–Crippen MR) is 114 cm³/mol. The number of nitrogens with one attached hydrogen (secondary N) is 1. The van der Waals surface area contributed by atoms with Crippen LogP contribution in [0.4, 0.5) is 4.79 Å². The van der Waals surface area contributed by atoms with E-state index in [0.717, 1.165) is 5.56 Å². The third-order valence-electron chi connectivity index (χ3n) is 4.95. The van der Waals surface area contributed by atoms with Crippen molar-refractivity contribution in [1.29, 1.82) is 0 Å². The lowest BCUT2D eigenvalue weighted by Gasteiger charge is -2.37. The van der Waals surface area contributed by atoms with Gasteiger partial charge < -0.3 is 24.3 Å². The van der Waals surface area contributed by atoms with Crippen LogP contribution < -0.4 is 10.1 Å². The molecule has 0 aliphatic rings. The largest absolute Gasteiger partial charge is 0.497 e. The lowest BCUT2D eigenvalue weighted by atomic mass is 10.0. The fraction of sp³-hybridized carbons (Fsp3) is 0.667. The van der Waals surface area contributed by atoms with E-state index >= 15 is 0 Å². The van der Waals surface area contributed by atoms with Gasteiger partial charge >= 0.3 is 6.09 Å². The molecule has 0 aliphatic heterocycles. The van der Waals surface area contributed by atoms with E-state index in [1.807, 2.05) is 12.1 Å². The fourth-order valence-electron chi connectivity index (χ4n) is 2.25. The first-order valence-corrected chi connectivity index (χ1v) is 12.5. The molecule has 2 atom stereocenters. The van der Waals surface area contributed by atoms with Gasteiger partial charge in [-0.05, 0) is 56.6 Å². The molecule has 7 heteroatoms. The van der Waals surface area contributed by atoms with Crippen molar-refractivity contribution in [2.75, 3.05) is 13.7 Å². The molecule has 0 saturated carbocycles. The van der Waals surface area contributed by atoms with E-state index in [-0.39, 0.29) is 11.6 Å². The molecule has 0 heterocycles. The van der Waals surface area contributed by atoms with Crippen molar-refractivity contribution in [3.8, 4) is 5.75 Å². The first-order chi connectivity index (χ1) is 12.7. The first-order valence-electron chi connectivity index (χ1n) is 9.62. The minimum Gasteiger partial charge on any atom is -0.497 e. The molecule has 0 saturated heterocycles. The monoisotopic (exact) mass is 411 g/mol. The number of carbonyl (C=O) groups is 1. The van der Waals surface area contributed by atoms with E-state index in [2.05, 4.69) is 39.2 Å². The number of aliphatic hydroxyl groups is 1. The van der Waals surface area contributed by atoms with Crippen LogP contribution in [0.1, 0.15) is 53.1 Å². The van der Waals surface area contributed by atoms with E-state index in [0.29, 0.717) is 5.75 Å². The van der Waals surface area contributed by atoms with Crippen molar-refractivity contribution in [1.82, 2.24) is 5.32 Å². The molecule has 0 radical (unpaired) electrons. The Hall–Kier alpha value is -1.57. The highest BCUT2D eigenvalue weighted by molar-refractivity contribution is 6.74. The summed E-state index contributed by atoms with van der Waals surface area (Å²) in [6.45, 7) is 16.2. The average Bonchev–Trinajstić information content (AvgIpc) is 2.55. The number of aliphatic hydroxyl groups excluding tert-OH is 1. The highest BCUT2D eigenvalue weighted by atomic mass is 28.4. The van der Waals surface area contributed by atoms with Gasteiger partial charge in [-0.15, -0.1) is 0 Å². The van der Waals surface area contributed by atoms with Gasteiger partial charge in [0, 0.05) is 0 Å². The Kier molecular flexibility index (Phi) is 8.11. The molecule has 0 bridgehead atoms. The average molecular weight is 412 g/mol. The quantitative estimate of drug-likeness (QED) is 0.639. The van der Waals surface area contributed by atoms with Crippen LogP contribution in [0.5, 0.6) is 5.75 Å². The summed E-state index contributed by atoms with van der Waals surface area (Å²) in [5.41, 5.74) is 0.120. The molecule has 0 aliphatic carbocycles. The van der Waals surface area contributed by atoms with Gasteiger partial charge in [0.15, 0.2) is 8.32 Å². The van der Waals surface area contributed by atoms with Crippen LogP contribution in [-0.2, 0) is 9.16 Å². The minimum atomic E-state index is -2.03. The molecule has 0 aromatic heterocycles. The van der Waals surface area contributed by atoms with Crippen molar-refractivity contribution >= 4 is 14.4 Å². The number of hydrogen-bond donors (Lipinski definition) is 2. The Morgan fingerprint density at radius 1 is 1.11 bits per heavy atom. The first kappa shape index (κ1) is 24.5. The number of rotatable bonds is 7. The van der Waals surface area contributed by atoms with E-state index in [1.54, 1.807) is 40.0 Å². The maximum Gasteiger partial charge on any atom is 0.408 e. The van der Waals surface area contributed by atoms with Crippen molar-refractivity contribution in [2.24, 2.45) is 0 Å². The van der Waals surface area contributed by atoms with Gasteiger partial charge in [0.25, 0.3) is 0 Å². The summed E-state index contributed by atoms with van der Waals surface area (Å²) in [6, 6.07) is 6.55. The number of amides is 1. The highest BCUT2D eigenvalue weighted by Crippen LogP contribution is 2.37. The topological polar surface area (TPSA) is 77.0 Å². The summed E-state index contributed by atoms with van der Waals surface area (Å²) >= 11 is 0. The van der Waals surface area contributed by atoms with Crippen LogP contribution in [0.2, 0.25) is 18.1 Å². The predicted octanol–water partition coefficient (Wildman–Crippen LogP) is 4.64. The number of hydrogen-bond acceptors (Lipinski definition) is 5. The molecule has 2 N–H and O–H groups in total. The minimum absolute atomic E-state index is 0.0287. The Morgan fingerprint density at radius 3 is 2.07 bits per heavy atom. The second-order valence-electron chi connectivity index (χ2n) is 9.54. The highest BCUT2D eigenvalue weighted by Gasteiger charge is 2.38. The van der Waals surface area contributed by atoms with Gasteiger partial charge in [-0.2, -0.15) is 0 Å². The molecule has 1 amide bonds. The van der Waals surface area contributed by atoms with Crippen LogP contribution >= 0.6 is 0 Å². The van der Waals surface area contributed by atoms with Crippen LogP contribution in [0.25, 0.3) is 0 Å². The van der Waals surface area contributed by atoms with Crippen molar-refractivity contribution in [2.45, 2.75) is 77.4 Å². The molecule has 1 aromatic rings.